The molecule has 0 aliphatic carbocycles. The number of carboxylic acids is 1. The van der Waals surface area contributed by atoms with Gasteiger partial charge in [-0.3, -0.25) is 0 Å². The summed E-state index contributed by atoms with van der Waals surface area (Å²) in [6.07, 6.45) is -6.83. The number of aromatic carboxylic acids is 1. The van der Waals surface area contributed by atoms with Gasteiger partial charge in [0.1, 0.15) is 0 Å². The topological polar surface area (TPSA) is 42.2 Å². The Morgan fingerprint density at radius 2 is 1.94 bits per heavy atom. The largest absolute Gasteiger partial charge is 0.478 e. The van der Waals surface area contributed by atoms with Crippen LogP contribution in [0.4, 0.5) is 22.0 Å². The molecule has 0 spiro atoms. The molecule has 0 saturated carbocycles. The highest BCUT2D eigenvalue weighted by Crippen LogP contribution is 2.32. The predicted molar refractivity (Wildman–Crippen MR) is 42.4 cm³/mol. The van der Waals surface area contributed by atoms with E-state index in [1.54, 1.807) is 0 Å². The zero-order chi connectivity index (χ0) is 12.5. The molecule has 1 rings (SSSR count). The van der Waals surface area contributed by atoms with Gasteiger partial charge in [0, 0.05) is 12.4 Å². The number of alkyl halides is 5. The van der Waals surface area contributed by atoms with Gasteiger partial charge in [0.25, 0.3) is 6.43 Å². The van der Waals surface area contributed by atoms with Crippen LogP contribution in [-0.2, 0) is 12.7 Å². The SMILES string of the molecule is O=C(O)c1cn(CC(F)F)cc1C(F)(F)F. The maximum absolute atomic E-state index is 12.3. The van der Waals surface area contributed by atoms with Crippen molar-refractivity contribution < 1.29 is 31.9 Å². The Morgan fingerprint density at radius 1 is 1.38 bits per heavy atom. The van der Waals surface area contributed by atoms with Gasteiger partial charge in [0.15, 0.2) is 0 Å². The predicted octanol–water partition coefficient (Wildman–Crippen LogP) is 2.47. The van der Waals surface area contributed by atoms with Gasteiger partial charge in [-0.05, 0) is 0 Å². The minimum Gasteiger partial charge on any atom is -0.478 e. The minimum atomic E-state index is -4.87. The molecule has 0 amide bonds. The molecule has 90 valence electrons. The van der Waals surface area contributed by atoms with Gasteiger partial charge in [-0.15, -0.1) is 0 Å². The summed E-state index contributed by atoms with van der Waals surface area (Å²) in [7, 11) is 0. The number of nitrogens with zero attached hydrogens (tertiary/aromatic N) is 1. The van der Waals surface area contributed by atoms with E-state index < -0.39 is 36.2 Å². The summed E-state index contributed by atoms with van der Waals surface area (Å²) in [5, 5.41) is 8.48. The standard InChI is InChI=1S/C8H6F5NO2/c9-6(10)3-14-1-4(7(15)16)5(2-14)8(11,12)13/h1-2,6H,3H2,(H,15,16). The molecule has 1 heterocycles. The third kappa shape index (κ3) is 2.71. The van der Waals surface area contributed by atoms with Crippen LogP contribution in [0.15, 0.2) is 12.4 Å². The molecule has 0 aliphatic rings. The lowest BCUT2D eigenvalue weighted by atomic mass is 10.2. The molecule has 0 radical (unpaired) electrons. The third-order valence-corrected chi connectivity index (χ3v) is 1.76. The summed E-state index contributed by atoms with van der Waals surface area (Å²) < 4.78 is 61.2. The molecule has 0 atom stereocenters. The molecule has 1 N–H and O–H groups in total. The number of halogens is 5. The Bertz CT molecular complexity index is 396. The lowest BCUT2D eigenvalue weighted by Gasteiger charge is -2.04. The minimum absolute atomic E-state index is 0.357. The van der Waals surface area contributed by atoms with E-state index in [4.69, 9.17) is 5.11 Å². The maximum atomic E-state index is 12.3. The van der Waals surface area contributed by atoms with Crippen molar-refractivity contribution in [1.82, 2.24) is 4.57 Å². The maximum Gasteiger partial charge on any atom is 0.418 e. The number of hydrogen-bond donors (Lipinski definition) is 1. The molecular weight excluding hydrogens is 237 g/mol. The smallest absolute Gasteiger partial charge is 0.418 e. The molecular formula is C8H6F5NO2. The fourth-order valence-electron chi connectivity index (χ4n) is 1.17. The number of rotatable bonds is 3. The normalized spacial score (nSPS) is 12.1. The number of hydrogen-bond acceptors (Lipinski definition) is 1. The van der Waals surface area contributed by atoms with Crippen molar-refractivity contribution in [2.45, 2.75) is 19.1 Å². The second-order valence-electron chi connectivity index (χ2n) is 2.98. The van der Waals surface area contributed by atoms with E-state index in [0.29, 0.717) is 17.0 Å². The van der Waals surface area contributed by atoms with Crippen molar-refractivity contribution in [2.24, 2.45) is 0 Å². The molecule has 0 bridgehead atoms. The highest BCUT2D eigenvalue weighted by atomic mass is 19.4. The van der Waals surface area contributed by atoms with Crippen LogP contribution in [0.1, 0.15) is 15.9 Å². The van der Waals surface area contributed by atoms with Crippen molar-refractivity contribution in [1.29, 1.82) is 0 Å². The molecule has 0 unspecified atom stereocenters. The van der Waals surface area contributed by atoms with Crippen molar-refractivity contribution in [3.8, 4) is 0 Å². The second-order valence-corrected chi connectivity index (χ2v) is 2.98. The number of aromatic nitrogens is 1. The van der Waals surface area contributed by atoms with Crippen LogP contribution >= 0.6 is 0 Å². The Kier molecular flexibility index (Phi) is 3.20. The van der Waals surface area contributed by atoms with Crippen LogP contribution in [0.3, 0.4) is 0 Å². The Labute approximate surface area is 86.1 Å². The molecule has 0 fully saturated rings. The second kappa shape index (κ2) is 4.11. The van der Waals surface area contributed by atoms with Crippen LogP contribution < -0.4 is 0 Å². The number of carbonyl (C=O) groups is 1. The van der Waals surface area contributed by atoms with E-state index in [9.17, 15) is 26.7 Å². The summed E-state index contributed by atoms with van der Waals surface area (Å²) >= 11 is 0. The Hall–Kier alpha value is -1.60. The first-order valence-electron chi connectivity index (χ1n) is 4.00. The van der Waals surface area contributed by atoms with Crippen LogP contribution in [0.2, 0.25) is 0 Å². The molecule has 8 heteroatoms. The van der Waals surface area contributed by atoms with Crippen molar-refractivity contribution >= 4 is 5.97 Å². The lowest BCUT2D eigenvalue weighted by Crippen LogP contribution is -2.09. The van der Waals surface area contributed by atoms with Crippen LogP contribution in [0, 0.1) is 0 Å². The first-order valence-corrected chi connectivity index (χ1v) is 4.00. The molecule has 1 aromatic rings. The summed E-state index contributed by atoms with van der Waals surface area (Å²) in [4.78, 5) is 10.5. The Balaban J connectivity index is 3.16. The highest BCUT2D eigenvalue weighted by Gasteiger charge is 2.37. The van der Waals surface area contributed by atoms with E-state index in [1.807, 2.05) is 0 Å². The van der Waals surface area contributed by atoms with E-state index in [-0.39, 0.29) is 0 Å². The van der Waals surface area contributed by atoms with E-state index in [0.717, 1.165) is 0 Å². The zero-order valence-corrected chi connectivity index (χ0v) is 7.63. The Morgan fingerprint density at radius 3 is 2.25 bits per heavy atom. The first kappa shape index (κ1) is 12.5. The lowest BCUT2D eigenvalue weighted by molar-refractivity contribution is -0.138. The van der Waals surface area contributed by atoms with Gasteiger partial charge in [0.2, 0.25) is 0 Å². The molecule has 1 aromatic heterocycles. The monoisotopic (exact) mass is 243 g/mol. The van der Waals surface area contributed by atoms with E-state index in [1.165, 1.54) is 0 Å². The van der Waals surface area contributed by atoms with Gasteiger partial charge in [0.05, 0.1) is 17.7 Å². The van der Waals surface area contributed by atoms with Crippen molar-refractivity contribution in [2.75, 3.05) is 0 Å². The van der Waals surface area contributed by atoms with E-state index >= 15 is 0 Å². The fraction of sp³-hybridized carbons (Fsp3) is 0.375. The van der Waals surface area contributed by atoms with Gasteiger partial charge in [-0.1, -0.05) is 0 Å². The summed E-state index contributed by atoms with van der Waals surface area (Å²) in [5.74, 6) is -1.81. The van der Waals surface area contributed by atoms with Gasteiger partial charge < -0.3 is 9.67 Å². The third-order valence-electron chi connectivity index (χ3n) is 1.76. The fourth-order valence-corrected chi connectivity index (χ4v) is 1.17. The average Bonchev–Trinajstić information content (AvgIpc) is 2.45. The van der Waals surface area contributed by atoms with Crippen LogP contribution in [0.5, 0.6) is 0 Å². The van der Waals surface area contributed by atoms with Gasteiger partial charge in [-0.25, -0.2) is 13.6 Å². The molecule has 0 saturated heterocycles. The quantitative estimate of drug-likeness (QED) is 0.828. The van der Waals surface area contributed by atoms with Crippen LogP contribution in [0.25, 0.3) is 0 Å². The molecule has 16 heavy (non-hydrogen) atoms. The van der Waals surface area contributed by atoms with Gasteiger partial charge in [-0.2, -0.15) is 13.2 Å². The summed E-state index contributed by atoms with van der Waals surface area (Å²) in [6.45, 7) is -0.976. The molecule has 0 aromatic carbocycles. The van der Waals surface area contributed by atoms with Gasteiger partial charge >= 0.3 is 12.1 Å². The van der Waals surface area contributed by atoms with Crippen LogP contribution in [-0.4, -0.2) is 22.1 Å². The zero-order valence-electron chi connectivity index (χ0n) is 7.63. The summed E-state index contributed by atoms with van der Waals surface area (Å²) in [5.41, 5.74) is -2.46. The number of carboxylic acid groups (broad SMARTS) is 1. The summed E-state index contributed by atoms with van der Waals surface area (Å²) in [6, 6.07) is 0. The highest BCUT2D eigenvalue weighted by molar-refractivity contribution is 5.89. The molecule has 0 aliphatic heterocycles. The van der Waals surface area contributed by atoms with Crippen molar-refractivity contribution in [3.05, 3.63) is 23.5 Å². The molecule has 3 nitrogen and oxygen atoms in total. The van der Waals surface area contributed by atoms with E-state index in [2.05, 4.69) is 0 Å². The van der Waals surface area contributed by atoms with Crippen molar-refractivity contribution in [3.63, 3.8) is 0 Å². The average molecular weight is 243 g/mol. The first-order chi connectivity index (χ1) is 7.21.